The molecule has 1 aromatic heterocycles. The summed E-state index contributed by atoms with van der Waals surface area (Å²) in [5.41, 5.74) is 0.771. The number of rotatable bonds is 7. The van der Waals surface area contributed by atoms with Crippen LogP contribution in [-0.2, 0) is 15.0 Å². The Balaban J connectivity index is 1.58. The molecule has 1 aliphatic heterocycles. The van der Waals surface area contributed by atoms with Crippen LogP contribution < -0.4 is 10.4 Å². The first-order chi connectivity index (χ1) is 14.3. The van der Waals surface area contributed by atoms with Crippen LogP contribution >= 0.6 is 0 Å². The van der Waals surface area contributed by atoms with Crippen LogP contribution in [0.2, 0.25) is 0 Å². The Labute approximate surface area is 176 Å². The van der Waals surface area contributed by atoms with Crippen LogP contribution in [0.4, 0.5) is 0 Å². The lowest BCUT2D eigenvalue weighted by atomic mass is 10.1. The summed E-state index contributed by atoms with van der Waals surface area (Å²) < 4.78 is 38.8. The number of ether oxygens (including phenoxy) is 1. The van der Waals surface area contributed by atoms with Crippen LogP contribution in [0.1, 0.15) is 19.4 Å². The van der Waals surface area contributed by atoms with Crippen LogP contribution in [0.3, 0.4) is 0 Å². The molecule has 0 unspecified atom stereocenters. The highest BCUT2D eigenvalue weighted by Crippen LogP contribution is 2.22. The van der Waals surface area contributed by atoms with Crippen molar-refractivity contribution in [1.29, 1.82) is 0 Å². The van der Waals surface area contributed by atoms with E-state index in [0.717, 1.165) is 10.9 Å². The molecule has 10 heteroatoms. The smallest absolute Gasteiger partial charge is 0.336 e. The van der Waals surface area contributed by atoms with Crippen molar-refractivity contribution in [3.8, 4) is 5.75 Å². The number of hydrogen-bond donors (Lipinski definition) is 0. The van der Waals surface area contributed by atoms with Gasteiger partial charge in [-0.25, -0.2) is 4.79 Å². The summed E-state index contributed by atoms with van der Waals surface area (Å²) in [6.07, 6.45) is 0. The van der Waals surface area contributed by atoms with Gasteiger partial charge in [-0.15, -0.1) is 0 Å². The largest absolute Gasteiger partial charge is 0.484 e. The molecule has 2 aromatic rings. The van der Waals surface area contributed by atoms with Crippen LogP contribution in [0.25, 0.3) is 11.0 Å². The maximum Gasteiger partial charge on any atom is 0.336 e. The Morgan fingerprint density at radius 2 is 1.80 bits per heavy atom. The molecule has 1 aliphatic rings. The van der Waals surface area contributed by atoms with Gasteiger partial charge in [0.2, 0.25) is 0 Å². The van der Waals surface area contributed by atoms with Crippen molar-refractivity contribution in [3.63, 3.8) is 0 Å². The Bertz CT molecular complexity index is 1070. The molecule has 0 bridgehead atoms. The Hall–Kier alpha value is -2.43. The molecule has 2 heterocycles. The molecule has 0 saturated carbocycles. The van der Waals surface area contributed by atoms with Crippen molar-refractivity contribution in [3.05, 3.63) is 40.2 Å². The van der Waals surface area contributed by atoms with Crippen molar-refractivity contribution in [2.24, 2.45) is 0 Å². The Morgan fingerprint density at radius 1 is 1.13 bits per heavy atom. The predicted octanol–water partition coefficient (Wildman–Crippen LogP) is 1.21. The molecule has 9 nitrogen and oxygen atoms in total. The molecule has 30 heavy (non-hydrogen) atoms. The average molecular weight is 438 g/mol. The van der Waals surface area contributed by atoms with Gasteiger partial charge >= 0.3 is 5.63 Å². The molecule has 1 amide bonds. The van der Waals surface area contributed by atoms with Gasteiger partial charge in [-0.2, -0.15) is 17.0 Å². The number of fused-ring (bicyclic) bond motifs is 1. The molecule has 0 atom stereocenters. The lowest BCUT2D eigenvalue weighted by Gasteiger charge is -2.36. The van der Waals surface area contributed by atoms with Crippen LogP contribution in [0.15, 0.2) is 33.5 Å². The molecule has 1 aromatic carbocycles. The summed E-state index contributed by atoms with van der Waals surface area (Å²) in [7, 11) is -3.50. The standard InChI is InChI=1S/C20H27N3O6S/c1-4-22(5-2)30(26,27)23-10-8-21(9-11-23)19(24)14-28-16-6-7-17-15(3)12-20(25)29-18(17)13-16/h6-7,12-13H,4-5,8-11,14H2,1-3H3. The minimum Gasteiger partial charge on any atom is -0.484 e. The second-order valence-electron chi connectivity index (χ2n) is 7.07. The lowest BCUT2D eigenvalue weighted by Crippen LogP contribution is -2.54. The minimum absolute atomic E-state index is 0.176. The van der Waals surface area contributed by atoms with Crippen LogP contribution in [0, 0.1) is 6.92 Å². The maximum atomic E-state index is 12.6. The van der Waals surface area contributed by atoms with E-state index in [-0.39, 0.29) is 25.6 Å². The Kier molecular flexibility index (Phi) is 6.79. The summed E-state index contributed by atoms with van der Waals surface area (Å²) >= 11 is 0. The van der Waals surface area contributed by atoms with Crippen molar-refractivity contribution >= 4 is 27.1 Å². The molecule has 1 fully saturated rings. The topological polar surface area (TPSA) is 100 Å². The van der Waals surface area contributed by atoms with Crippen molar-refractivity contribution < 1.29 is 22.4 Å². The first-order valence-corrected chi connectivity index (χ1v) is 11.4. The number of amides is 1. The number of carbonyl (C=O) groups excluding carboxylic acids is 1. The number of nitrogens with zero attached hydrogens (tertiary/aromatic N) is 3. The van der Waals surface area contributed by atoms with Gasteiger partial charge in [0.15, 0.2) is 6.61 Å². The van der Waals surface area contributed by atoms with Crippen LogP contribution in [0.5, 0.6) is 5.75 Å². The van der Waals surface area contributed by atoms with E-state index in [4.69, 9.17) is 9.15 Å². The fraction of sp³-hybridized carbons (Fsp3) is 0.500. The summed E-state index contributed by atoms with van der Waals surface area (Å²) in [5, 5.41) is 0.804. The van der Waals surface area contributed by atoms with Gasteiger partial charge < -0.3 is 14.1 Å². The van der Waals surface area contributed by atoms with Crippen LogP contribution in [-0.4, -0.2) is 73.7 Å². The zero-order valence-corrected chi connectivity index (χ0v) is 18.3. The van der Waals surface area contributed by atoms with Crippen molar-refractivity contribution in [2.45, 2.75) is 20.8 Å². The predicted molar refractivity (Wildman–Crippen MR) is 113 cm³/mol. The van der Waals surface area contributed by atoms with Gasteiger partial charge in [-0.1, -0.05) is 13.8 Å². The quantitative estimate of drug-likeness (QED) is 0.604. The third-order valence-corrected chi connectivity index (χ3v) is 7.42. The number of carbonyl (C=O) groups is 1. The molecule has 1 saturated heterocycles. The monoisotopic (exact) mass is 437 g/mol. The van der Waals surface area contributed by atoms with E-state index in [2.05, 4.69) is 0 Å². The fourth-order valence-corrected chi connectivity index (χ4v) is 5.12. The molecule has 0 radical (unpaired) electrons. The van der Waals surface area contributed by atoms with Gasteiger partial charge in [0, 0.05) is 56.8 Å². The maximum absolute atomic E-state index is 12.6. The summed E-state index contributed by atoms with van der Waals surface area (Å²) in [6, 6.07) is 6.51. The fourth-order valence-electron chi connectivity index (χ4n) is 3.51. The number of aryl methyl sites for hydroxylation is 1. The Morgan fingerprint density at radius 3 is 2.43 bits per heavy atom. The van der Waals surface area contributed by atoms with Gasteiger partial charge in [-0.05, 0) is 24.6 Å². The summed E-state index contributed by atoms with van der Waals surface area (Å²) in [5.74, 6) is 0.202. The number of piperazine rings is 1. The molecule has 0 N–H and O–H groups in total. The van der Waals surface area contributed by atoms with E-state index in [1.165, 1.54) is 14.7 Å². The molecular weight excluding hydrogens is 410 g/mol. The molecule has 0 spiro atoms. The SMILES string of the molecule is CCN(CC)S(=O)(=O)N1CCN(C(=O)COc2ccc3c(C)cc(=O)oc3c2)CC1. The first kappa shape index (κ1) is 22.3. The van der Waals surface area contributed by atoms with Crippen molar-refractivity contribution in [2.75, 3.05) is 45.9 Å². The second-order valence-corrected chi connectivity index (χ2v) is 9.00. The summed E-state index contributed by atoms with van der Waals surface area (Å²) in [4.78, 5) is 25.6. The van der Waals surface area contributed by atoms with Gasteiger partial charge in [0.25, 0.3) is 16.1 Å². The minimum atomic E-state index is -3.50. The van der Waals surface area contributed by atoms with E-state index < -0.39 is 15.8 Å². The van der Waals surface area contributed by atoms with E-state index in [1.807, 2.05) is 6.92 Å². The van der Waals surface area contributed by atoms with Gasteiger partial charge in [0.05, 0.1) is 0 Å². The zero-order chi connectivity index (χ0) is 21.9. The number of benzene rings is 1. The molecule has 164 valence electrons. The molecule has 3 rings (SSSR count). The number of hydrogen-bond acceptors (Lipinski definition) is 6. The molecular formula is C20H27N3O6S. The zero-order valence-electron chi connectivity index (χ0n) is 17.5. The highest BCUT2D eigenvalue weighted by molar-refractivity contribution is 7.86. The normalized spacial score (nSPS) is 15.7. The highest BCUT2D eigenvalue weighted by Gasteiger charge is 2.32. The second kappa shape index (κ2) is 9.15. The van der Waals surface area contributed by atoms with Gasteiger partial charge in [-0.3, -0.25) is 4.79 Å². The van der Waals surface area contributed by atoms with E-state index in [9.17, 15) is 18.0 Å². The van der Waals surface area contributed by atoms with Gasteiger partial charge in [0.1, 0.15) is 11.3 Å². The third kappa shape index (κ3) is 4.66. The molecule has 0 aliphatic carbocycles. The van der Waals surface area contributed by atoms with Crippen molar-refractivity contribution in [1.82, 2.24) is 13.5 Å². The van der Waals surface area contributed by atoms with E-state index in [1.54, 1.807) is 36.9 Å². The van der Waals surface area contributed by atoms with E-state index in [0.29, 0.717) is 37.5 Å². The average Bonchev–Trinajstić information content (AvgIpc) is 2.72. The first-order valence-electron chi connectivity index (χ1n) is 9.96. The third-order valence-electron chi connectivity index (χ3n) is 5.23. The lowest BCUT2D eigenvalue weighted by molar-refractivity contribution is -0.134. The highest BCUT2D eigenvalue weighted by atomic mass is 32.2. The van der Waals surface area contributed by atoms with E-state index >= 15 is 0 Å². The summed E-state index contributed by atoms with van der Waals surface area (Å²) in [6.45, 7) is 7.22.